The number of amides is 1. The minimum absolute atomic E-state index is 0.00512. The van der Waals surface area contributed by atoms with Gasteiger partial charge in [-0.2, -0.15) is 0 Å². The average Bonchev–Trinajstić information content (AvgIpc) is 2.94. The van der Waals surface area contributed by atoms with Gasteiger partial charge in [0.05, 0.1) is 17.7 Å². The first kappa shape index (κ1) is 14.5. The summed E-state index contributed by atoms with van der Waals surface area (Å²) in [5.41, 5.74) is -0.0889. The summed E-state index contributed by atoms with van der Waals surface area (Å²) in [5.74, 6) is -1.52. The van der Waals surface area contributed by atoms with E-state index in [-0.39, 0.29) is 23.1 Å². The van der Waals surface area contributed by atoms with E-state index in [1.54, 1.807) is 12.1 Å². The molecule has 0 atom stereocenters. The topological polar surface area (TPSA) is 86.6 Å². The quantitative estimate of drug-likeness (QED) is 0.764. The van der Waals surface area contributed by atoms with E-state index in [4.69, 9.17) is 5.11 Å². The Balaban J connectivity index is 2.07. The molecule has 1 aromatic carbocycles. The predicted molar refractivity (Wildman–Crippen MR) is 73.7 cm³/mol. The van der Waals surface area contributed by atoms with Gasteiger partial charge in [0.25, 0.3) is 5.91 Å². The van der Waals surface area contributed by atoms with Gasteiger partial charge >= 0.3 is 5.97 Å². The largest absolute Gasteiger partial charge is 0.478 e. The Bertz CT molecular complexity index is 506. The van der Waals surface area contributed by atoms with Gasteiger partial charge in [-0.3, -0.25) is 4.79 Å². The van der Waals surface area contributed by atoms with Gasteiger partial charge in [-0.25, -0.2) is 4.79 Å². The third kappa shape index (κ3) is 2.99. The maximum Gasteiger partial charge on any atom is 0.336 e. The summed E-state index contributed by atoms with van der Waals surface area (Å²) >= 11 is 0. The molecular weight excluding hydrogens is 258 g/mol. The first-order valence-corrected chi connectivity index (χ1v) is 6.79. The van der Waals surface area contributed by atoms with Crippen LogP contribution in [0, 0.1) is 5.41 Å². The second kappa shape index (κ2) is 6.05. The number of rotatable bonds is 5. The van der Waals surface area contributed by atoms with E-state index in [2.05, 4.69) is 5.32 Å². The van der Waals surface area contributed by atoms with Crippen molar-refractivity contribution < 1.29 is 19.8 Å². The van der Waals surface area contributed by atoms with Crippen molar-refractivity contribution in [1.29, 1.82) is 0 Å². The summed E-state index contributed by atoms with van der Waals surface area (Å²) in [7, 11) is 0. The zero-order valence-electron chi connectivity index (χ0n) is 11.3. The molecule has 1 fully saturated rings. The van der Waals surface area contributed by atoms with Crippen LogP contribution in [0.5, 0.6) is 0 Å². The minimum atomic E-state index is -1.12. The lowest BCUT2D eigenvalue weighted by molar-refractivity contribution is 0.0689. The molecule has 3 N–H and O–H groups in total. The molecule has 0 unspecified atom stereocenters. The summed E-state index contributed by atoms with van der Waals surface area (Å²) in [5, 5.41) is 21.3. The number of carboxylic acids is 1. The number of hydrogen-bond acceptors (Lipinski definition) is 3. The summed E-state index contributed by atoms with van der Waals surface area (Å²) in [4.78, 5) is 23.2. The Hall–Kier alpha value is -1.88. The number of hydrogen-bond donors (Lipinski definition) is 3. The summed E-state index contributed by atoms with van der Waals surface area (Å²) < 4.78 is 0. The zero-order chi connectivity index (χ0) is 14.6. The Morgan fingerprint density at radius 3 is 2.30 bits per heavy atom. The second-order valence-corrected chi connectivity index (χ2v) is 5.40. The lowest BCUT2D eigenvalue weighted by Crippen LogP contribution is -2.38. The molecule has 20 heavy (non-hydrogen) atoms. The predicted octanol–water partition coefficient (Wildman–Crippen LogP) is 1.67. The number of carbonyl (C=O) groups excluding carboxylic acids is 1. The maximum atomic E-state index is 12.1. The molecule has 0 bridgehead atoms. The smallest absolute Gasteiger partial charge is 0.336 e. The number of aliphatic hydroxyl groups excluding tert-OH is 1. The van der Waals surface area contributed by atoms with Gasteiger partial charge in [-0.1, -0.05) is 25.0 Å². The highest BCUT2D eigenvalue weighted by molar-refractivity contribution is 6.04. The molecule has 5 nitrogen and oxygen atoms in total. The van der Waals surface area contributed by atoms with E-state index in [0.29, 0.717) is 6.54 Å². The fourth-order valence-electron chi connectivity index (χ4n) is 2.75. The van der Waals surface area contributed by atoms with Crippen molar-refractivity contribution in [3.8, 4) is 0 Å². The number of carboxylic acid groups (broad SMARTS) is 1. The lowest BCUT2D eigenvalue weighted by Gasteiger charge is -2.26. The fourth-order valence-corrected chi connectivity index (χ4v) is 2.75. The van der Waals surface area contributed by atoms with Crippen LogP contribution in [0.25, 0.3) is 0 Å². The van der Waals surface area contributed by atoms with E-state index in [1.165, 1.54) is 12.1 Å². The Kier molecular flexibility index (Phi) is 4.39. The number of benzene rings is 1. The molecule has 1 saturated carbocycles. The van der Waals surface area contributed by atoms with Crippen LogP contribution < -0.4 is 5.32 Å². The summed E-state index contributed by atoms with van der Waals surface area (Å²) in [6.07, 6.45) is 3.90. The summed E-state index contributed by atoms with van der Waals surface area (Å²) in [6, 6.07) is 6.14. The van der Waals surface area contributed by atoms with E-state index in [1.807, 2.05) is 0 Å². The molecule has 5 heteroatoms. The van der Waals surface area contributed by atoms with Gasteiger partial charge in [0.2, 0.25) is 0 Å². The van der Waals surface area contributed by atoms with Gasteiger partial charge < -0.3 is 15.5 Å². The van der Waals surface area contributed by atoms with Crippen LogP contribution in [0.15, 0.2) is 24.3 Å². The molecule has 1 aromatic rings. The van der Waals surface area contributed by atoms with Crippen molar-refractivity contribution in [3.05, 3.63) is 35.4 Å². The molecule has 2 rings (SSSR count). The molecule has 0 aliphatic heterocycles. The third-order valence-electron chi connectivity index (χ3n) is 4.03. The number of carbonyl (C=O) groups is 2. The molecular formula is C15H19NO4. The van der Waals surface area contributed by atoms with Gasteiger partial charge in [0.15, 0.2) is 0 Å². The van der Waals surface area contributed by atoms with E-state index in [9.17, 15) is 14.7 Å². The number of nitrogens with one attached hydrogen (secondary N) is 1. The standard InChI is InChI=1S/C15H19NO4/c17-10-15(7-3-4-8-15)9-16-13(18)11-5-1-2-6-12(11)14(19)20/h1-2,5-6,17H,3-4,7-10H2,(H,16,18)(H,19,20). The molecule has 0 spiro atoms. The van der Waals surface area contributed by atoms with Crippen molar-refractivity contribution in [1.82, 2.24) is 5.32 Å². The van der Waals surface area contributed by atoms with E-state index < -0.39 is 11.9 Å². The molecule has 0 saturated heterocycles. The molecule has 1 amide bonds. The average molecular weight is 277 g/mol. The number of aromatic carboxylic acids is 1. The van der Waals surface area contributed by atoms with E-state index in [0.717, 1.165) is 25.7 Å². The van der Waals surface area contributed by atoms with Gasteiger partial charge in [-0.05, 0) is 25.0 Å². The first-order valence-electron chi connectivity index (χ1n) is 6.79. The first-order chi connectivity index (χ1) is 9.58. The van der Waals surface area contributed by atoms with Crippen LogP contribution in [0.1, 0.15) is 46.4 Å². The van der Waals surface area contributed by atoms with Crippen LogP contribution in [0.3, 0.4) is 0 Å². The zero-order valence-corrected chi connectivity index (χ0v) is 11.3. The van der Waals surface area contributed by atoms with Crippen LogP contribution in [-0.2, 0) is 0 Å². The normalized spacial score (nSPS) is 16.9. The highest BCUT2D eigenvalue weighted by Gasteiger charge is 2.33. The number of aliphatic hydroxyl groups is 1. The maximum absolute atomic E-state index is 12.1. The van der Waals surface area contributed by atoms with Gasteiger partial charge in [0.1, 0.15) is 0 Å². The van der Waals surface area contributed by atoms with Gasteiger partial charge in [-0.15, -0.1) is 0 Å². The summed E-state index contributed by atoms with van der Waals surface area (Å²) in [6.45, 7) is 0.435. The van der Waals surface area contributed by atoms with Gasteiger partial charge in [0, 0.05) is 12.0 Å². The Morgan fingerprint density at radius 2 is 1.75 bits per heavy atom. The van der Waals surface area contributed by atoms with Crippen molar-refractivity contribution in [2.24, 2.45) is 5.41 Å². The molecule has 0 heterocycles. The van der Waals surface area contributed by atoms with Crippen molar-refractivity contribution >= 4 is 11.9 Å². The Labute approximate surface area is 117 Å². The fraction of sp³-hybridized carbons (Fsp3) is 0.467. The monoisotopic (exact) mass is 277 g/mol. The van der Waals surface area contributed by atoms with E-state index >= 15 is 0 Å². The molecule has 1 aliphatic rings. The molecule has 0 radical (unpaired) electrons. The van der Waals surface area contributed by atoms with Crippen LogP contribution >= 0.6 is 0 Å². The molecule has 1 aliphatic carbocycles. The highest BCUT2D eigenvalue weighted by atomic mass is 16.4. The molecule has 108 valence electrons. The molecule has 0 aromatic heterocycles. The lowest BCUT2D eigenvalue weighted by atomic mass is 9.87. The van der Waals surface area contributed by atoms with Crippen molar-refractivity contribution in [3.63, 3.8) is 0 Å². The van der Waals surface area contributed by atoms with Crippen LogP contribution in [-0.4, -0.2) is 35.2 Å². The minimum Gasteiger partial charge on any atom is -0.478 e. The second-order valence-electron chi connectivity index (χ2n) is 5.40. The van der Waals surface area contributed by atoms with Crippen molar-refractivity contribution in [2.45, 2.75) is 25.7 Å². The Morgan fingerprint density at radius 1 is 1.15 bits per heavy atom. The van der Waals surface area contributed by atoms with Crippen LogP contribution in [0.4, 0.5) is 0 Å². The highest BCUT2D eigenvalue weighted by Crippen LogP contribution is 2.36. The van der Waals surface area contributed by atoms with Crippen molar-refractivity contribution in [2.75, 3.05) is 13.2 Å². The van der Waals surface area contributed by atoms with Crippen LogP contribution in [0.2, 0.25) is 0 Å². The SMILES string of the molecule is O=C(O)c1ccccc1C(=O)NCC1(CO)CCCC1. The third-order valence-corrected chi connectivity index (χ3v) is 4.03.